The van der Waals surface area contributed by atoms with Crippen LogP contribution in [0.4, 0.5) is 0 Å². The zero-order valence-corrected chi connectivity index (χ0v) is 29.6. The minimum atomic E-state index is -1.06. The second kappa shape index (κ2) is 30.0. The zero-order valence-electron chi connectivity index (χ0n) is 29.6. The largest absolute Gasteiger partial charge is 0.456 e. The molecule has 1 amide bonds. The molecule has 268 valence electrons. The zero-order chi connectivity index (χ0) is 35.8. The van der Waals surface area contributed by atoms with Crippen molar-refractivity contribution in [1.29, 1.82) is 0 Å². The Morgan fingerprint density at radius 2 is 1.35 bits per heavy atom. The number of hydrogen-bond acceptors (Lipinski definition) is 7. The van der Waals surface area contributed by atoms with Crippen molar-refractivity contribution in [3.63, 3.8) is 0 Å². The van der Waals surface area contributed by atoms with E-state index in [4.69, 9.17) is 4.74 Å². The lowest BCUT2D eigenvalue weighted by molar-refractivity contribution is -0.157. The maximum Gasteiger partial charge on any atom is 0.329 e. The van der Waals surface area contributed by atoms with Crippen LogP contribution in [0.1, 0.15) is 102 Å². The molecule has 0 radical (unpaired) electrons. The van der Waals surface area contributed by atoms with E-state index >= 15 is 0 Å². The molecule has 1 aromatic rings. The third-order valence-electron chi connectivity index (χ3n) is 7.24. The van der Waals surface area contributed by atoms with Crippen molar-refractivity contribution in [2.45, 2.75) is 109 Å². The minimum Gasteiger partial charge on any atom is -0.456 e. The van der Waals surface area contributed by atoms with Gasteiger partial charge in [0.05, 0.1) is 13.2 Å². The smallest absolute Gasteiger partial charge is 0.329 e. The van der Waals surface area contributed by atoms with Crippen LogP contribution in [0.15, 0.2) is 97.3 Å². The monoisotopic (exact) mass is 674 g/mol. The lowest BCUT2D eigenvalue weighted by Crippen LogP contribution is -2.43. The van der Waals surface area contributed by atoms with E-state index in [1.165, 1.54) is 0 Å². The molecule has 0 saturated carbocycles. The third kappa shape index (κ3) is 24.6. The van der Waals surface area contributed by atoms with E-state index in [0.29, 0.717) is 32.1 Å². The summed E-state index contributed by atoms with van der Waals surface area (Å²) in [5.74, 6) is -0.938. The van der Waals surface area contributed by atoms with Gasteiger partial charge >= 0.3 is 5.97 Å². The molecule has 0 unspecified atom stereocenters. The molecule has 1 heterocycles. The van der Waals surface area contributed by atoms with Crippen molar-refractivity contribution in [2.75, 3.05) is 13.2 Å². The molecule has 0 aliphatic heterocycles. The maximum absolute atomic E-state index is 12.7. The van der Waals surface area contributed by atoms with Gasteiger partial charge in [0.25, 0.3) is 0 Å². The molecular weight excluding hydrogens is 616 g/mol. The number of rotatable bonds is 27. The van der Waals surface area contributed by atoms with E-state index < -0.39 is 31.3 Å². The number of nitrogens with zero attached hydrogens (tertiary/aromatic N) is 1. The van der Waals surface area contributed by atoms with Gasteiger partial charge in [-0.1, -0.05) is 104 Å². The molecule has 0 saturated heterocycles. The number of carbonyl (C=O) groups is 3. The second-order valence-electron chi connectivity index (χ2n) is 11.6. The van der Waals surface area contributed by atoms with Crippen LogP contribution in [0.2, 0.25) is 0 Å². The Morgan fingerprint density at radius 1 is 0.776 bits per heavy atom. The number of aliphatic hydroxyl groups excluding tert-OH is 2. The van der Waals surface area contributed by atoms with Crippen LogP contribution in [-0.4, -0.2) is 58.2 Å². The lowest BCUT2D eigenvalue weighted by atomic mass is 10.0. The first-order valence-corrected chi connectivity index (χ1v) is 17.6. The first kappa shape index (κ1) is 42.9. The van der Waals surface area contributed by atoms with Gasteiger partial charge in [0.2, 0.25) is 5.91 Å². The van der Waals surface area contributed by atoms with Crippen LogP contribution in [0.5, 0.6) is 0 Å². The summed E-state index contributed by atoms with van der Waals surface area (Å²) >= 11 is 0. The molecule has 0 spiro atoms. The van der Waals surface area contributed by atoms with Gasteiger partial charge in [0.15, 0.2) is 0 Å². The van der Waals surface area contributed by atoms with Gasteiger partial charge in [-0.25, -0.2) is 4.79 Å². The molecule has 1 aromatic heterocycles. The van der Waals surface area contributed by atoms with E-state index in [1.54, 1.807) is 18.3 Å². The Labute approximate surface area is 294 Å². The number of allylic oxidation sites excluding steroid dienone is 12. The van der Waals surface area contributed by atoms with Crippen LogP contribution in [0.25, 0.3) is 6.08 Å². The van der Waals surface area contributed by atoms with Crippen LogP contribution in [0, 0.1) is 6.92 Å². The molecule has 8 nitrogen and oxygen atoms in total. The lowest BCUT2D eigenvalue weighted by Gasteiger charge is -2.20. The summed E-state index contributed by atoms with van der Waals surface area (Å²) in [6, 6.07) is 2.82. The van der Waals surface area contributed by atoms with E-state index in [-0.39, 0.29) is 24.5 Å². The molecular formula is C41H58N2O6. The van der Waals surface area contributed by atoms with Gasteiger partial charge in [-0.05, 0) is 76.3 Å². The highest BCUT2D eigenvalue weighted by Gasteiger charge is 2.24. The summed E-state index contributed by atoms with van der Waals surface area (Å²) < 4.78 is 5.15. The molecule has 8 heteroatoms. The number of nitrogens with one attached hydrogen (secondary N) is 1. The normalized spacial score (nSPS) is 13.1. The van der Waals surface area contributed by atoms with Crippen molar-refractivity contribution < 1.29 is 29.3 Å². The van der Waals surface area contributed by atoms with Gasteiger partial charge in [-0.15, -0.1) is 0 Å². The maximum atomic E-state index is 12.7. The molecule has 1 rings (SSSR count). The number of hydrogen-bond donors (Lipinski definition) is 3. The van der Waals surface area contributed by atoms with Crippen molar-refractivity contribution >= 4 is 23.7 Å². The number of aliphatic hydroxyl groups is 2. The topological polar surface area (TPSA) is 126 Å². The summed E-state index contributed by atoms with van der Waals surface area (Å²) in [7, 11) is 0. The first-order valence-electron chi connectivity index (χ1n) is 17.6. The molecule has 0 aliphatic rings. The Kier molecular flexibility index (Phi) is 26.2. The molecule has 3 N–H and O–H groups in total. The average Bonchev–Trinajstić information content (AvgIpc) is 3.10. The Hall–Kier alpha value is -4.14. The summed E-state index contributed by atoms with van der Waals surface area (Å²) in [5, 5.41) is 21.3. The number of aromatic nitrogens is 1. The SMILES string of the molecule is CC/C=C\C/C=C\C/C=C\C/C=C\C/C=C\C/C=C\CCC(=O)CCCC[C@H](NC(=O)C/C=C/c1ccc(C)nc1)C(=O)OC(CO)CO. The number of esters is 1. The third-order valence-corrected chi connectivity index (χ3v) is 7.24. The molecule has 0 bridgehead atoms. The quantitative estimate of drug-likeness (QED) is 0.0494. The molecule has 0 fully saturated rings. The van der Waals surface area contributed by atoms with E-state index in [2.05, 4.69) is 84.1 Å². The first-order chi connectivity index (χ1) is 23.9. The van der Waals surface area contributed by atoms with Gasteiger partial charge in [0, 0.05) is 31.2 Å². The second-order valence-corrected chi connectivity index (χ2v) is 11.6. The summed E-state index contributed by atoms with van der Waals surface area (Å²) in [6.45, 7) is 2.98. The van der Waals surface area contributed by atoms with Crippen molar-refractivity contribution in [2.24, 2.45) is 0 Å². The molecule has 0 aromatic carbocycles. The Balaban J connectivity index is 2.29. The number of aryl methyl sites for hydroxylation is 1. The van der Waals surface area contributed by atoms with Crippen LogP contribution in [0.3, 0.4) is 0 Å². The van der Waals surface area contributed by atoms with E-state index in [1.807, 2.05) is 25.1 Å². The fourth-order valence-corrected chi connectivity index (χ4v) is 4.44. The number of unbranched alkanes of at least 4 members (excludes halogenated alkanes) is 1. The predicted molar refractivity (Wildman–Crippen MR) is 200 cm³/mol. The Bertz CT molecular complexity index is 1250. The highest BCUT2D eigenvalue weighted by atomic mass is 16.6. The summed E-state index contributed by atoms with van der Waals surface area (Å²) in [4.78, 5) is 41.8. The average molecular weight is 675 g/mol. The van der Waals surface area contributed by atoms with Crippen LogP contribution in [-0.2, 0) is 19.1 Å². The number of ketones is 1. The highest BCUT2D eigenvalue weighted by Crippen LogP contribution is 2.10. The van der Waals surface area contributed by atoms with Crippen LogP contribution < -0.4 is 5.32 Å². The number of ether oxygens (including phenoxy) is 1. The molecule has 0 aliphatic carbocycles. The van der Waals surface area contributed by atoms with Crippen molar-refractivity contribution in [3.05, 3.63) is 109 Å². The number of pyridine rings is 1. The van der Waals surface area contributed by atoms with Crippen LogP contribution >= 0.6 is 0 Å². The summed E-state index contributed by atoms with van der Waals surface area (Å²) in [6.07, 6.45) is 38.6. The molecule has 49 heavy (non-hydrogen) atoms. The standard InChI is InChI=1S/C41H58N2O6/c1-3-4-5-6-7-8-9-10-11-12-13-14-15-16-17-18-19-20-21-26-37(46)27-22-23-28-39(41(48)49-38(33-44)34-45)43-40(47)29-24-25-36-31-30-35(2)42-32-36/h4-5,7-8,10-11,13-14,16-17,19-20,24-25,30-32,38-39,44-45H,3,6,9,12,15,18,21-23,26-29,33-34H2,1-2H3,(H,43,47)/b5-4-,8-7-,11-10-,14-13-,17-16-,20-19-,25-24+/t39-/m0/s1. The summed E-state index contributed by atoms with van der Waals surface area (Å²) in [5.41, 5.74) is 1.75. The number of carbonyl (C=O) groups excluding carboxylic acids is 3. The molecule has 1 atom stereocenters. The van der Waals surface area contributed by atoms with Gasteiger partial charge in [-0.2, -0.15) is 0 Å². The van der Waals surface area contributed by atoms with E-state index in [0.717, 1.165) is 49.8 Å². The fraction of sp³-hybridized carbons (Fsp3) is 0.463. The van der Waals surface area contributed by atoms with Gasteiger partial charge < -0.3 is 20.3 Å². The van der Waals surface area contributed by atoms with Crippen molar-refractivity contribution in [1.82, 2.24) is 10.3 Å². The van der Waals surface area contributed by atoms with Gasteiger partial charge in [0.1, 0.15) is 17.9 Å². The Morgan fingerprint density at radius 3 is 1.88 bits per heavy atom. The predicted octanol–water partition coefficient (Wildman–Crippen LogP) is 7.78. The van der Waals surface area contributed by atoms with E-state index in [9.17, 15) is 24.6 Å². The van der Waals surface area contributed by atoms with Gasteiger partial charge in [-0.3, -0.25) is 14.6 Å². The van der Waals surface area contributed by atoms with Crippen molar-refractivity contribution in [3.8, 4) is 0 Å². The fourth-order valence-electron chi connectivity index (χ4n) is 4.44. The number of amides is 1. The minimum absolute atomic E-state index is 0.0498. The number of Topliss-reactive ketones (excluding diaryl/α,β-unsaturated/α-hetero) is 1. The highest BCUT2D eigenvalue weighted by molar-refractivity contribution is 5.85.